The van der Waals surface area contributed by atoms with Crippen LogP contribution in [0.3, 0.4) is 0 Å². The highest BCUT2D eigenvalue weighted by molar-refractivity contribution is 5.89. The average molecular weight is 265 g/mol. The largest absolute Gasteiger partial charge is 0.465 e. The van der Waals surface area contributed by atoms with E-state index in [1.54, 1.807) is 12.1 Å². The maximum atomic E-state index is 11.4. The van der Waals surface area contributed by atoms with Gasteiger partial charge in [-0.2, -0.15) is 0 Å². The van der Waals surface area contributed by atoms with E-state index >= 15 is 0 Å². The summed E-state index contributed by atoms with van der Waals surface area (Å²) in [6, 6.07) is 15.8. The first-order valence-electron chi connectivity index (χ1n) is 6.49. The Morgan fingerprint density at radius 1 is 1.10 bits per heavy atom. The molecule has 0 saturated heterocycles. The standard InChI is InChI=1S/C17H15NO2/c1-20-17(19)14-6-8-16(9-7-14)18-11-10-13-4-2-3-5-15(13)12-18/h2-11H,12H2,1H3. The number of fused-ring (bicyclic) bond motifs is 1. The lowest BCUT2D eigenvalue weighted by atomic mass is 10.0. The molecule has 20 heavy (non-hydrogen) atoms. The van der Waals surface area contributed by atoms with E-state index in [1.807, 2.05) is 18.2 Å². The predicted octanol–water partition coefficient (Wildman–Crippen LogP) is 3.46. The highest BCUT2D eigenvalue weighted by Gasteiger charge is 2.12. The van der Waals surface area contributed by atoms with Crippen molar-refractivity contribution in [3.63, 3.8) is 0 Å². The molecule has 1 aliphatic rings. The van der Waals surface area contributed by atoms with Crippen LogP contribution in [0.5, 0.6) is 0 Å². The van der Waals surface area contributed by atoms with Gasteiger partial charge in [0, 0.05) is 18.4 Å². The van der Waals surface area contributed by atoms with Crippen LogP contribution >= 0.6 is 0 Å². The SMILES string of the molecule is COC(=O)c1ccc(N2C=Cc3ccccc3C2)cc1. The third-order valence-corrected chi connectivity index (χ3v) is 3.45. The fraction of sp³-hybridized carbons (Fsp3) is 0.118. The molecule has 2 aromatic rings. The summed E-state index contributed by atoms with van der Waals surface area (Å²) >= 11 is 0. The summed E-state index contributed by atoms with van der Waals surface area (Å²) in [5, 5.41) is 0. The van der Waals surface area contributed by atoms with E-state index in [-0.39, 0.29) is 5.97 Å². The fourth-order valence-corrected chi connectivity index (χ4v) is 2.33. The highest BCUT2D eigenvalue weighted by Crippen LogP contribution is 2.25. The second-order valence-electron chi connectivity index (χ2n) is 4.68. The van der Waals surface area contributed by atoms with Crippen LogP contribution in [0, 0.1) is 0 Å². The Labute approximate surface area is 118 Å². The average Bonchev–Trinajstić information content (AvgIpc) is 2.54. The van der Waals surface area contributed by atoms with E-state index in [2.05, 4.69) is 35.4 Å². The van der Waals surface area contributed by atoms with Crippen LogP contribution in [-0.2, 0) is 11.3 Å². The van der Waals surface area contributed by atoms with E-state index in [9.17, 15) is 4.79 Å². The number of rotatable bonds is 2. The van der Waals surface area contributed by atoms with Crippen molar-refractivity contribution in [2.75, 3.05) is 12.0 Å². The molecule has 0 amide bonds. The van der Waals surface area contributed by atoms with Crippen molar-refractivity contribution in [1.82, 2.24) is 0 Å². The van der Waals surface area contributed by atoms with Crippen molar-refractivity contribution < 1.29 is 9.53 Å². The summed E-state index contributed by atoms with van der Waals surface area (Å²) in [5.41, 5.74) is 4.18. The van der Waals surface area contributed by atoms with Gasteiger partial charge in [0.2, 0.25) is 0 Å². The molecule has 1 aliphatic heterocycles. The number of hydrogen-bond donors (Lipinski definition) is 0. The molecule has 1 heterocycles. The van der Waals surface area contributed by atoms with Gasteiger partial charge >= 0.3 is 5.97 Å². The number of carbonyl (C=O) groups is 1. The zero-order chi connectivity index (χ0) is 13.9. The van der Waals surface area contributed by atoms with Gasteiger partial charge in [-0.15, -0.1) is 0 Å². The van der Waals surface area contributed by atoms with Crippen LogP contribution in [0.15, 0.2) is 54.7 Å². The molecule has 0 spiro atoms. The van der Waals surface area contributed by atoms with Crippen molar-refractivity contribution in [1.29, 1.82) is 0 Å². The van der Waals surface area contributed by atoms with Crippen LogP contribution in [0.1, 0.15) is 21.5 Å². The normalized spacial score (nSPS) is 12.9. The summed E-state index contributed by atoms with van der Waals surface area (Å²) in [6.07, 6.45) is 4.17. The highest BCUT2D eigenvalue weighted by atomic mass is 16.5. The van der Waals surface area contributed by atoms with Gasteiger partial charge in [-0.1, -0.05) is 24.3 Å². The molecule has 0 saturated carbocycles. The molecule has 3 heteroatoms. The molecular formula is C17H15NO2. The molecule has 2 aromatic carbocycles. The number of hydrogen-bond acceptors (Lipinski definition) is 3. The molecule has 0 aliphatic carbocycles. The van der Waals surface area contributed by atoms with Crippen molar-refractivity contribution in [2.24, 2.45) is 0 Å². The molecule has 100 valence electrons. The minimum absolute atomic E-state index is 0.309. The Morgan fingerprint density at radius 2 is 1.85 bits per heavy atom. The Balaban J connectivity index is 1.83. The maximum Gasteiger partial charge on any atom is 0.337 e. The molecule has 0 fully saturated rings. The lowest BCUT2D eigenvalue weighted by molar-refractivity contribution is 0.0601. The lowest BCUT2D eigenvalue weighted by Gasteiger charge is -2.25. The summed E-state index contributed by atoms with van der Waals surface area (Å²) in [4.78, 5) is 13.6. The fourth-order valence-electron chi connectivity index (χ4n) is 2.33. The zero-order valence-electron chi connectivity index (χ0n) is 11.2. The van der Waals surface area contributed by atoms with E-state index in [0.717, 1.165) is 12.2 Å². The Morgan fingerprint density at radius 3 is 2.60 bits per heavy atom. The van der Waals surface area contributed by atoms with Gasteiger partial charge in [-0.3, -0.25) is 0 Å². The third-order valence-electron chi connectivity index (χ3n) is 3.45. The molecule has 0 bridgehead atoms. The van der Waals surface area contributed by atoms with Gasteiger partial charge in [0.25, 0.3) is 0 Å². The Kier molecular flexibility index (Phi) is 3.25. The van der Waals surface area contributed by atoms with Gasteiger partial charge in [-0.25, -0.2) is 4.79 Å². The summed E-state index contributed by atoms with van der Waals surface area (Å²) in [5.74, 6) is -0.309. The van der Waals surface area contributed by atoms with Gasteiger partial charge in [0.15, 0.2) is 0 Å². The summed E-state index contributed by atoms with van der Waals surface area (Å²) in [7, 11) is 1.39. The van der Waals surface area contributed by atoms with Crippen LogP contribution in [0.4, 0.5) is 5.69 Å². The molecule has 0 atom stereocenters. The quantitative estimate of drug-likeness (QED) is 0.779. The minimum Gasteiger partial charge on any atom is -0.465 e. The van der Waals surface area contributed by atoms with Crippen molar-refractivity contribution in [3.05, 3.63) is 71.4 Å². The molecule has 3 rings (SSSR count). The van der Waals surface area contributed by atoms with Crippen LogP contribution in [0.2, 0.25) is 0 Å². The van der Waals surface area contributed by atoms with Gasteiger partial charge in [-0.05, 0) is 41.5 Å². The number of carbonyl (C=O) groups excluding carboxylic acids is 1. The molecule has 3 nitrogen and oxygen atoms in total. The van der Waals surface area contributed by atoms with Crippen LogP contribution in [0.25, 0.3) is 6.08 Å². The van der Waals surface area contributed by atoms with E-state index < -0.39 is 0 Å². The summed E-state index contributed by atoms with van der Waals surface area (Å²) in [6.45, 7) is 0.838. The van der Waals surface area contributed by atoms with E-state index in [0.29, 0.717) is 5.56 Å². The number of methoxy groups -OCH3 is 1. The molecule has 0 N–H and O–H groups in total. The molecule has 0 unspecified atom stereocenters. The Bertz CT molecular complexity index is 659. The number of esters is 1. The Hall–Kier alpha value is -2.55. The third kappa shape index (κ3) is 2.30. The van der Waals surface area contributed by atoms with E-state index in [4.69, 9.17) is 4.74 Å². The molecule has 0 radical (unpaired) electrons. The predicted molar refractivity (Wildman–Crippen MR) is 79.4 cm³/mol. The number of nitrogens with zero attached hydrogens (tertiary/aromatic N) is 1. The first-order chi connectivity index (χ1) is 9.78. The van der Waals surface area contributed by atoms with Crippen molar-refractivity contribution >= 4 is 17.7 Å². The zero-order valence-corrected chi connectivity index (χ0v) is 11.2. The van der Waals surface area contributed by atoms with Crippen molar-refractivity contribution in [2.45, 2.75) is 6.54 Å². The number of anilines is 1. The number of benzene rings is 2. The minimum atomic E-state index is -0.309. The first-order valence-corrected chi connectivity index (χ1v) is 6.49. The topological polar surface area (TPSA) is 29.5 Å². The first kappa shape index (κ1) is 12.5. The molecule has 0 aromatic heterocycles. The summed E-state index contributed by atoms with van der Waals surface area (Å²) < 4.78 is 4.70. The number of ether oxygens (including phenoxy) is 1. The lowest BCUT2D eigenvalue weighted by Crippen LogP contribution is -2.18. The monoisotopic (exact) mass is 265 g/mol. The van der Waals surface area contributed by atoms with Crippen LogP contribution < -0.4 is 4.90 Å². The van der Waals surface area contributed by atoms with Crippen LogP contribution in [-0.4, -0.2) is 13.1 Å². The molecular weight excluding hydrogens is 250 g/mol. The second-order valence-corrected chi connectivity index (χ2v) is 4.68. The van der Waals surface area contributed by atoms with E-state index in [1.165, 1.54) is 18.2 Å². The maximum absolute atomic E-state index is 11.4. The van der Waals surface area contributed by atoms with Gasteiger partial charge in [0.05, 0.1) is 12.7 Å². The van der Waals surface area contributed by atoms with Gasteiger partial charge in [0.1, 0.15) is 0 Å². The smallest absolute Gasteiger partial charge is 0.337 e. The van der Waals surface area contributed by atoms with Crippen molar-refractivity contribution in [3.8, 4) is 0 Å². The second kappa shape index (κ2) is 5.21. The van der Waals surface area contributed by atoms with Gasteiger partial charge < -0.3 is 9.64 Å².